The van der Waals surface area contributed by atoms with Crippen LogP contribution in [0, 0.1) is 0 Å². The van der Waals surface area contributed by atoms with Gasteiger partial charge in [0.15, 0.2) is 0 Å². The second-order valence-corrected chi connectivity index (χ2v) is 9.40. The summed E-state index contributed by atoms with van der Waals surface area (Å²) < 4.78 is 10.6. The van der Waals surface area contributed by atoms with Crippen molar-refractivity contribution >= 4 is 52.5 Å². The topological polar surface area (TPSA) is 114 Å². The molecule has 0 aliphatic carbocycles. The Hall–Kier alpha value is -4.31. The summed E-state index contributed by atoms with van der Waals surface area (Å²) in [5, 5.41) is 4.91. The summed E-state index contributed by atoms with van der Waals surface area (Å²) in [6, 6.07) is 18.6. The highest BCUT2D eigenvalue weighted by atomic mass is 32.2. The Morgan fingerprint density at radius 3 is 2.00 bits per heavy atom. The minimum absolute atomic E-state index is 0.0725. The molecule has 3 aromatic rings. The number of anilines is 3. The molecule has 3 aromatic carbocycles. The number of amides is 4. The zero-order valence-electron chi connectivity index (χ0n) is 20.4. The van der Waals surface area contributed by atoms with Crippen LogP contribution in [0.25, 0.3) is 0 Å². The maximum Gasteiger partial charge on any atom is 0.263 e. The summed E-state index contributed by atoms with van der Waals surface area (Å²) in [5.74, 6) is -0.396. The summed E-state index contributed by atoms with van der Waals surface area (Å²) in [6.45, 7) is 1.40. The van der Waals surface area contributed by atoms with E-state index in [0.29, 0.717) is 28.6 Å². The van der Waals surface area contributed by atoms with Gasteiger partial charge in [0.2, 0.25) is 17.7 Å². The van der Waals surface area contributed by atoms with Gasteiger partial charge < -0.3 is 20.1 Å². The lowest BCUT2D eigenvalue weighted by atomic mass is 10.1. The van der Waals surface area contributed by atoms with Crippen molar-refractivity contribution in [3.8, 4) is 11.5 Å². The molecule has 10 heteroatoms. The van der Waals surface area contributed by atoms with Crippen LogP contribution >= 0.6 is 11.8 Å². The molecule has 1 aliphatic rings. The summed E-state index contributed by atoms with van der Waals surface area (Å²) in [5.41, 5.74) is 1.87. The Bertz CT molecular complexity index is 1320. The first-order valence-electron chi connectivity index (χ1n) is 11.3. The van der Waals surface area contributed by atoms with E-state index in [0.717, 1.165) is 4.90 Å². The van der Waals surface area contributed by atoms with Crippen molar-refractivity contribution in [2.45, 2.75) is 23.5 Å². The SMILES string of the molecule is COc1cccc(OC)c1C(=O)Nc1ccc(SC2CC(=O)N(c3ccc(NC(C)=O)cc3)C2=O)cc1. The average molecular weight is 520 g/mol. The monoisotopic (exact) mass is 519 g/mol. The third kappa shape index (κ3) is 5.75. The van der Waals surface area contributed by atoms with Crippen LogP contribution in [0.3, 0.4) is 0 Å². The molecule has 1 atom stereocenters. The van der Waals surface area contributed by atoms with E-state index in [-0.39, 0.29) is 35.6 Å². The molecule has 1 heterocycles. The van der Waals surface area contributed by atoms with Crippen molar-refractivity contribution < 1.29 is 28.7 Å². The predicted octanol–water partition coefficient (Wildman–Crippen LogP) is 4.34. The Morgan fingerprint density at radius 2 is 1.43 bits per heavy atom. The number of rotatable bonds is 8. The van der Waals surface area contributed by atoms with Crippen LogP contribution in [0.1, 0.15) is 23.7 Å². The van der Waals surface area contributed by atoms with Gasteiger partial charge >= 0.3 is 0 Å². The summed E-state index contributed by atoms with van der Waals surface area (Å²) in [4.78, 5) is 51.7. The van der Waals surface area contributed by atoms with E-state index < -0.39 is 5.25 Å². The molecule has 37 heavy (non-hydrogen) atoms. The van der Waals surface area contributed by atoms with Gasteiger partial charge in [-0.05, 0) is 60.7 Å². The number of nitrogens with one attached hydrogen (secondary N) is 2. The van der Waals surface area contributed by atoms with Crippen LogP contribution in [-0.2, 0) is 14.4 Å². The first-order chi connectivity index (χ1) is 17.8. The maximum atomic E-state index is 13.0. The fourth-order valence-corrected chi connectivity index (χ4v) is 4.97. The molecule has 4 amide bonds. The predicted molar refractivity (Wildman–Crippen MR) is 141 cm³/mol. The third-order valence-electron chi connectivity index (χ3n) is 5.60. The lowest BCUT2D eigenvalue weighted by Crippen LogP contribution is -2.31. The van der Waals surface area contributed by atoms with Crippen LogP contribution in [0.4, 0.5) is 17.1 Å². The molecule has 0 spiro atoms. The van der Waals surface area contributed by atoms with Crippen molar-refractivity contribution in [3.05, 3.63) is 72.3 Å². The van der Waals surface area contributed by atoms with E-state index in [9.17, 15) is 19.2 Å². The van der Waals surface area contributed by atoms with Gasteiger partial charge in [-0.25, -0.2) is 4.90 Å². The number of carbonyl (C=O) groups excluding carboxylic acids is 4. The second-order valence-electron chi connectivity index (χ2n) is 8.12. The van der Waals surface area contributed by atoms with Crippen molar-refractivity contribution in [3.63, 3.8) is 0 Å². The lowest BCUT2D eigenvalue weighted by molar-refractivity contribution is -0.121. The van der Waals surface area contributed by atoms with Gasteiger partial charge in [-0.2, -0.15) is 0 Å². The molecule has 1 unspecified atom stereocenters. The van der Waals surface area contributed by atoms with E-state index >= 15 is 0 Å². The van der Waals surface area contributed by atoms with E-state index in [1.807, 2.05) is 0 Å². The molecule has 1 aliphatic heterocycles. The zero-order valence-corrected chi connectivity index (χ0v) is 21.3. The van der Waals surface area contributed by atoms with E-state index in [4.69, 9.17) is 9.47 Å². The quantitative estimate of drug-likeness (QED) is 0.426. The average Bonchev–Trinajstić information content (AvgIpc) is 3.17. The Labute approximate surface area is 218 Å². The lowest BCUT2D eigenvalue weighted by Gasteiger charge is -2.16. The summed E-state index contributed by atoms with van der Waals surface area (Å²) in [7, 11) is 2.96. The fraction of sp³-hybridized carbons (Fsp3) is 0.185. The minimum atomic E-state index is -0.569. The minimum Gasteiger partial charge on any atom is -0.496 e. The molecular formula is C27H25N3O6S. The number of thioether (sulfide) groups is 1. The molecule has 0 aromatic heterocycles. The summed E-state index contributed by atoms with van der Waals surface area (Å²) in [6.07, 6.45) is 0.0725. The number of ether oxygens (including phenoxy) is 2. The normalized spacial score (nSPS) is 14.9. The Kier molecular flexibility index (Phi) is 7.78. The van der Waals surface area contributed by atoms with Gasteiger partial charge in [-0.1, -0.05) is 6.07 Å². The number of benzene rings is 3. The van der Waals surface area contributed by atoms with E-state index in [1.54, 1.807) is 66.7 Å². The first kappa shape index (κ1) is 25.8. The van der Waals surface area contributed by atoms with Crippen molar-refractivity contribution in [2.24, 2.45) is 0 Å². The second kappa shape index (κ2) is 11.2. The van der Waals surface area contributed by atoms with Crippen LogP contribution < -0.4 is 25.0 Å². The Morgan fingerprint density at radius 1 is 0.865 bits per heavy atom. The van der Waals surface area contributed by atoms with E-state index in [2.05, 4.69) is 10.6 Å². The van der Waals surface area contributed by atoms with Gasteiger partial charge in [0, 0.05) is 29.6 Å². The molecule has 0 radical (unpaired) electrons. The molecule has 0 saturated carbocycles. The zero-order chi connectivity index (χ0) is 26.5. The highest BCUT2D eigenvalue weighted by molar-refractivity contribution is 8.00. The highest BCUT2D eigenvalue weighted by Gasteiger charge is 2.40. The van der Waals surface area contributed by atoms with Crippen LogP contribution in [0.15, 0.2) is 71.6 Å². The molecule has 190 valence electrons. The van der Waals surface area contributed by atoms with Crippen LogP contribution in [0.5, 0.6) is 11.5 Å². The van der Waals surface area contributed by atoms with E-state index in [1.165, 1.54) is 37.8 Å². The number of hydrogen-bond acceptors (Lipinski definition) is 7. The number of carbonyl (C=O) groups is 4. The van der Waals surface area contributed by atoms with Gasteiger partial charge in [0.25, 0.3) is 5.91 Å². The van der Waals surface area contributed by atoms with Gasteiger partial charge in [0.05, 0.1) is 25.2 Å². The smallest absolute Gasteiger partial charge is 0.263 e. The number of imide groups is 1. The van der Waals surface area contributed by atoms with Crippen molar-refractivity contribution in [1.82, 2.24) is 0 Å². The van der Waals surface area contributed by atoms with Gasteiger partial charge in [-0.15, -0.1) is 11.8 Å². The molecule has 1 saturated heterocycles. The first-order valence-corrected chi connectivity index (χ1v) is 12.2. The summed E-state index contributed by atoms with van der Waals surface area (Å²) >= 11 is 1.29. The van der Waals surface area contributed by atoms with Gasteiger partial charge in [-0.3, -0.25) is 19.2 Å². The highest BCUT2D eigenvalue weighted by Crippen LogP contribution is 2.35. The number of nitrogens with zero attached hydrogens (tertiary/aromatic N) is 1. The molecule has 0 bridgehead atoms. The molecule has 9 nitrogen and oxygen atoms in total. The Balaban J connectivity index is 1.42. The van der Waals surface area contributed by atoms with Crippen LogP contribution in [0.2, 0.25) is 0 Å². The van der Waals surface area contributed by atoms with Crippen molar-refractivity contribution in [2.75, 3.05) is 29.8 Å². The van der Waals surface area contributed by atoms with Crippen molar-refractivity contribution in [1.29, 1.82) is 0 Å². The molecule has 2 N–H and O–H groups in total. The number of methoxy groups -OCH3 is 2. The maximum absolute atomic E-state index is 13.0. The largest absolute Gasteiger partial charge is 0.496 e. The fourth-order valence-electron chi connectivity index (χ4n) is 3.91. The molecule has 4 rings (SSSR count). The van der Waals surface area contributed by atoms with Crippen LogP contribution in [-0.4, -0.2) is 43.1 Å². The standard InChI is InChI=1S/C27H25N3O6S/c1-16(31)28-17-7-11-19(12-8-17)30-24(32)15-23(27(30)34)37-20-13-9-18(10-14-20)29-26(33)25-21(35-2)5-4-6-22(25)36-3/h4-14,23H,15H2,1-3H3,(H,28,31)(H,29,33). The third-order valence-corrected chi connectivity index (χ3v) is 6.79. The number of hydrogen-bond donors (Lipinski definition) is 2. The van der Waals surface area contributed by atoms with Gasteiger partial charge in [0.1, 0.15) is 17.1 Å². The molecule has 1 fully saturated rings. The molecular weight excluding hydrogens is 494 g/mol.